The van der Waals surface area contributed by atoms with Crippen LogP contribution in [-0.4, -0.2) is 17.0 Å². The van der Waals surface area contributed by atoms with Crippen molar-refractivity contribution in [2.75, 3.05) is 0 Å². The highest BCUT2D eigenvalue weighted by atomic mass is 16.3. The van der Waals surface area contributed by atoms with Crippen molar-refractivity contribution < 1.29 is 9.90 Å². The average molecular weight is 675 g/mol. The van der Waals surface area contributed by atoms with Crippen LogP contribution in [0.15, 0.2) is 12.7 Å². The van der Waals surface area contributed by atoms with Crippen LogP contribution in [0, 0.1) is 0 Å². The van der Waals surface area contributed by atoms with Gasteiger partial charge in [-0.3, -0.25) is 4.79 Å². The smallest absolute Gasteiger partial charge is 0.132 e. The molecule has 0 heterocycles. The molecule has 0 aromatic rings. The first kappa shape index (κ1) is 47.4. The lowest BCUT2D eigenvalue weighted by Crippen LogP contribution is -2.05. The van der Waals surface area contributed by atoms with Gasteiger partial charge in [-0.2, -0.15) is 0 Å². The van der Waals surface area contributed by atoms with Crippen LogP contribution in [0.2, 0.25) is 0 Å². The van der Waals surface area contributed by atoms with Crippen LogP contribution < -0.4 is 0 Å². The van der Waals surface area contributed by atoms with Gasteiger partial charge in [-0.15, -0.1) is 6.58 Å². The lowest BCUT2D eigenvalue weighted by Gasteiger charge is -2.10. The molecule has 0 saturated carbocycles. The fourth-order valence-electron chi connectivity index (χ4n) is 7.34. The van der Waals surface area contributed by atoms with Gasteiger partial charge >= 0.3 is 0 Å². The van der Waals surface area contributed by atoms with Crippen molar-refractivity contribution in [1.29, 1.82) is 0 Å². The lowest BCUT2D eigenvalue weighted by atomic mass is 10.0. The van der Waals surface area contributed by atoms with E-state index in [0.717, 1.165) is 38.5 Å². The summed E-state index contributed by atoms with van der Waals surface area (Å²) in [6, 6.07) is 0. The highest BCUT2D eigenvalue weighted by Gasteiger charge is 2.04. The molecule has 0 aromatic carbocycles. The number of hydrogen-bond donors (Lipinski definition) is 1. The Kier molecular flexibility index (Phi) is 42.0. The maximum absolute atomic E-state index is 12.2. The van der Waals surface area contributed by atoms with Crippen molar-refractivity contribution in [3.05, 3.63) is 12.7 Å². The van der Waals surface area contributed by atoms with Crippen LogP contribution >= 0.6 is 0 Å². The quantitative estimate of drug-likeness (QED) is 0.0516. The van der Waals surface area contributed by atoms with E-state index in [4.69, 9.17) is 0 Å². The van der Waals surface area contributed by atoms with Crippen molar-refractivity contribution in [3.8, 4) is 0 Å². The molecule has 0 aliphatic heterocycles. The third kappa shape index (κ3) is 41.5. The van der Waals surface area contributed by atoms with Gasteiger partial charge in [-0.25, -0.2) is 0 Å². The first-order chi connectivity index (χ1) is 23.7. The predicted molar refractivity (Wildman–Crippen MR) is 216 cm³/mol. The molecule has 0 aliphatic carbocycles. The fourth-order valence-corrected chi connectivity index (χ4v) is 7.34. The first-order valence-corrected chi connectivity index (χ1v) is 22.5. The minimum atomic E-state index is -0.0446. The predicted octanol–water partition coefficient (Wildman–Crippen LogP) is 16.1. The van der Waals surface area contributed by atoms with Crippen molar-refractivity contribution in [1.82, 2.24) is 0 Å². The van der Waals surface area contributed by atoms with Crippen molar-refractivity contribution in [2.45, 2.75) is 276 Å². The van der Waals surface area contributed by atoms with Crippen LogP contribution in [-0.2, 0) is 4.79 Å². The van der Waals surface area contributed by atoms with Crippen LogP contribution in [0.5, 0.6) is 0 Å². The lowest BCUT2D eigenvalue weighted by molar-refractivity contribution is -0.119. The second-order valence-corrected chi connectivity index (χ2v) is 15.7. The number of rotatable bonds is 43. The van der Waals surface area contributed by atoms with Gasteiger partial charge in [-0.1, -0.05) is 225 Å². The monoisotopic (exact) mass is 675 g/mol. The van der Waals surface area contributed by atoms with E-state index in [9.17, 15) is 9.90 Å². The van der Waals surface area contributed by atoms with Crippen LogP contribution in [0.4, 0.5) is 0 Å². The van der Waals surface area contributed by atoms with Gasteiger partial charge in [0.25, 0.3) is 0 Å². The van der Waals surface area contributed by atoms with Crippen molar-refractivity contribution in [3.63, 3.8) is 0 Å². The molecular weight excluding hydrogens is 585 g/mol. The fraction of sp³-hybridized carbons (Fsp3) is 0.935. The molecule has 0 rings (SSSR count). The third-order valence-corrected chi connectivity index (χ3v) is 10.7. The molecule has 0 radical (unpaired) electrons. The summed E-state index contributed by atoms with van der Waals surface area (Å²) in [5.74, 6) is 0.516. The summed E-state index contributed by atoms with van der Waals surface area (Å²) in [5, 5.41) is 10.2. The number of ketones is 1. The van der Waals surface area contributed by atoms with Crippen LogP contribution in [0.1, 0.15) is 270 Å². The standard InChI is InChI=1S/C46H90O2/c1-3-5-7-9-11-12-13-23-26-30-34-39-43-46(48)44-40-36-32-28-25-22-20-18-16-14-15-17-19-21-24-27-31-35-38-42-45(47)41-37-33-29-10-8-6-4-2/h3,45,47H,1,4-44H2,2H3. The molecule has 0 fully saturated rings. The Morgan fingerprint density at radius 3 is 0.958 bits per heavy atom. The largest absolute Gasteiger partial charge is 0.393 e. The highest BCUT2D eigenvalue weighted by Crippen LogP contribution is 2.18. The Labute approximate surface area is 303 Å². The Morgan fingerprint density at radius 2 is 0.667 bits per heavy atom. The van der Waals surface area contributed by atoms with Gasteiger partial charge in [0.2, 0.25) is 0 Å². The van der Waals surface area contributed by atoms with E-state index >= 15 is 0 Å². The normalized spacial score (nSPS) is 12.1. The van der Waals surface area contributed by atoms with E-state index in [1.54, 1.807) is 0 Å². The van der Waals surface area contributed by atoms with Crippen LogP contribution in [0.3, 0.4) is 0 Å². The minimum absolute atomic E-state index is 0.0446. The number of hydrogen-bond acceptors (Lipinski definition) is 2. The van der Waals surface area contributed by atoms with Gasteiger partial charge < -0.3 is 5.11 Å². The first-order valence-electron chi connectivity index (χ1n) is 22.5. The zero-order valence-electron chi connectivity index (χ0n) is 33.2. The molecule has 1 atom stereocenters. The molecule has 0 amide bonds. The SMILES string of the molecule is C=CCCCCCCCCCCCCC(=O)CCCCCCCCCCCCCCCCCCCCCC(O)CCCCCCCCC. The Hall–Kier alpha value is -0.630. The highest BCUT2D eigenvalue weighted by molar-refractivity contribution is 5.78. The summed E-state index contributed by atoms with van der Waals surface area (Å²) in [5.41, 5.74) is 0. The third-order valence-electron chi connectivity index (χ3n) is 10.7. The van der Waals surface area contributed by atoms with E-state index in [1.807, 2.05) is 6.08 Å². The van der Waals surface area contributed by atoms with Gasteiger partial charge in [0, 0.05) is 12.8 Å². The molecule has 0 bridgehead atoms. The van der Waals surface area contributed by atoms with Crippen LogP contribution in [0.25, 0.3) is 0 Å². The molecular formula is C46H90O2. The number of Topliss-reactive ketones (excluding diaryl/α,β-unsaturated/α-hetero) is 1. The molecule has 0 aliphatic rings. The molecule has 0 saturated heterocycles. The number of carbonyl (C=O) groups is 1. The molecule has 0 aromatic heterocycles. The Balaban J connectivity index is 3.18. The second kappa shape index (κ2) is 42.5. The van der Waals surface area contributed by atoms with Gasteiger partial charge in [0.05, 0.1) is 6.10 Å². The summed E-state index contributed by atoms with van der Waals surface area (Å²) < 4.78 is 0. The molecule has 286 valence electrons. The van der Waals surface area contributed by atoms with Crippen molar-refractivity contribution >= 4 is 5.78 Å². The summed E-state index contributed by atoms with van der Waals surface area (Å²) in [6.45, 7) is 6.07. The number of unbranched alkanes of at least 4 members (excludes halogenated alkanes) is 34. The topological polar surface area (TPSA) is 37.3 Å². The maximum atomic E-state index is 12.2. The van der Waals surface area contributed by atoms with Gasteiger partial charge in [0.15, 0.2) is 0 Å². The molecule has 48 heavy (non-hydrogen) atoms. The molecule has 1 N–H and O–H groups in total. The minimum Gasteiger partial charge on any atom is -0.393 e. The summed E-state index contributed by atoms with van der Waals surface area (Å²) in [6.07, 6.45) is 55.5. The van der Waals surface area contributed by atoms with E-state index < -0.39 is 0 Å². The molecule has 2 nitrogen and oxygen atoms in total. The summed E-state index contributed by atoms with van der Waals surface area (Å²) in [4.78, 5) is 12.2. The number of aliphatic hydroxyl groups excluding tert-OH is 1. The zero-order chi connectivity index (χ0) is 34.9. The van der Waals surface area contributed by atoms with Crippen molar-refractivity contribution in [2.24, 2.45) is 0 Å². The molecule has 2 heteroatoms. The maximum Gasteiger partial charge on any atom is 0.132 e. The molecule has 1 unspecified atom stereocenters. The number of aliphatic hydroxyl groups is 1. The van der Waals surface area contributed by atoms with E-state index in [1.165, 1.54) is 225 Å². The summed E-state index contributed by atoms with van der Waals surface area (Å²) in [7, 11) is 0. The van der Waals surface area contributed by atoms with Gasteiger partial charge in [-0.05, 0) is 38.5 Å². The summed E-state index contributed by atoms with van der Waals surface area (Å²) >= 11 is 0. The van der Waals surface area contributed by atoms with E-state index in [-0.39, 0.29) is 6.10 Å². The average Bonchev–Trinajstić information content (AvgIpc) is 3.09. The molecule has 0 spiro atoms. The zero-order valence-corrected chi connectivity index (χ0v) is 33.2. The Morgan fingerprint density at radius 1 is 0.417 bits per heavy atom. The Bertz CT molecular complexity index is 613. The second-order valence-electron chi connectivity index (χ2n) is 15.7. The van der Waals surface area contributed by atoms with E-state index in [0.29, 0.717) is 5.78 Å². The number of allylic oxidation sites excluding steroid dienone is 1. The van der Waals surface area contributed by atoms with E-state index in [2.05, 4.69) is 13.5 Å². The number of carbonyl (C=O) groups excluding carboxylic acids is 1. The van der Waals surface area contributed by atoms with Gasteiger partial charge in [0.1, 0.15) is 5.78 Å².